The number of fused-ring (bicyclic) bond motifs is 2. The molecule has 0 spiro atoms. The normalized spacial score (nSPS) is 17.0. The molecule has 2 aliphatic rings. The van der Waals surface area contributed by atoms with E-state index in [1.807, 2.05) is 26.0 Å². The molecular weight excluding hydrogens is 374 g/mol. The molecule has 0 saturated heterocycles. The average molecular weight is 395 g/mol. The Balaban J connectivity index is 1.44. The van der Waals surface area contributed by atoms with Crippen molar-refractivity contribution in [2.24, 2.45) is 0 Å². The third-order valence-electron chi connectivity index (χ3n) is 4.93. The second-order valence-electron chi connectivity index (χ2n) is 7.04. The Morgan fingerprint density at radius 3 is 2.52 bits per heavy atom. The smallest absolute Gasteiger partial charge is 0.326 e. The van der Waals surface area contributed by atoms with Gasteiger partial charge < -0.3 is 14.2 Å². The largest absolute Gasteiger partial charge is 0.493 e. The molecule has 29 heavy (non-hydrogen) atoms. The van der Waals surface area contributed by atoms with Crippen LogP contribution in [-0.4, -0.2) is 41.9 Å². The van der Waals surface area contributed by atoms with Gasteiger partial charge in [-0.05, 0) is 38.1 Å². The van der Waals surface area contributed by atoms with E-state index in [4.69, 9.17) is 14.2 Å². The lowest BCUT2D eigenvalue weighted by atomic mass is 10.1. The summed E-state index contributed by atoms with van der Waals surface area (Å²) in [5, 5.41) is 0. The standard InChI is InChI=1S/C22H21NO6/c1-3-27-18-9-14-8-13(2)29-19(14)10-15(18)12-28-20(24)11-23-21(25)16-6-4-5-7-17(16)22(23)26/h4-7,9-10,13H,3,8,11-12H2,1-2H3. The maximum absolute atomic E-state index is 12.4. The molecule has 0 radical (unpaired) electrons. The van der Waals surface area contributed by atoms with E-state index >= 15 is 0 Å². The van der Waals surface area contributed by atoms with E-state index in [1.165, 1.54) is 0 Å². The number of carbonyl (C=O) groups excluding carboxylic acids is 3. The number of esters is 1. The number of benzene rings is 2. The van der Waals surface area contributed by atoms with Crippen LogP contribution in [0.3, 0.4) is 0 Å². The maximum Gasteiger partial charge on any atom is 0.326 e. The van der Waals surface area contributed by atoms with Gasteiger partial charge in [0.15, 0.2) is 0 Å². The molecule has 0 N–H and O–H groups in total. The molecule has 150 valence electrons. The highest BCUT2D eigenvalue weighted by atomic mass is 16.5. The van der Waals surface area contributed by atoms with Crippen molar-refractivity contribution in [2.45, 2.75) is 33.0 Å². The third-order valence-corrected chi connectivity index (χ3v) is 4.93. The van der Waals surface area contributed by atoms with Crippen LogP contribution in [0.4, 0.5) is 0 Å². The zero-order valence-corrected chi connectivity index (χ0v) is 16.3. The number of hydrogen-bond donors (Lipinski definition) is 0. The first-order valence-electron chi connectivity index (χ1n) is 9.54. The average Bonchev–Trinajstić information content (AvgIpc) is 3.18. The van der Waals surface area contributed by atoms with Gasteiger partial charge >= 0.3 is 5.97 Å². The van der Waals surface area contributed by atoms with E-state index in [-0.39, 0.29) is 12.7 Å². The monoisotopic (exact) mass is 395 g/mol. The SMILES string of the molecule is CCOc1cc2c(cc1COC(=O)CN1C(=O)c3ccccc3C1=O)OC(C)C2. The van der Waals surface area contributed by atoms with Crippen molar-refractivity contribution in [3.05, 3.63) is 58.7 Å². The van der Waals surface area contributed by atoms with Crippen molar-refractivity contribution in [3.63, 3.8) is 0 Å². The molecule has 1 atom stereocenters. The summed E-state index contributed by atoms with van der Waals surface area (Å²) in [5.74, 6) is -0.253. The molecule has 7 nitrogen and oxygen atoms in total. The van der Waals surface area contributed by atoms with Gasteiger partial charge in [-0.3, -0.25) is 19.3 Å². The Kier molecular flexibility index (Phi) is 4.96. The molecular formula is C22H21NO6. The predicted octanol–water partition coefficient (Wildman–Crippen LogP) is 2.75. The van der Waals surface area contributed by atoms with Crippen LogP contribution in [0.25, 0.3) is 0 Å². The van der Waals surface area contributed by atoms with E-state index in [1.54, 1.807) is 24.3 Å². The van der Waals surface area contributed by atoms with Gasteiger partial charge in [-0.2, -0.15) is 0 Å². The summed E-state index contributed by atoms with van der Waals surface area (Å²) in [5.41, 5.74) is 2.33. The van der Waals surface area contributed by atoms with Crippen LogP contribution >= 0.6 is 0 Å². The molecule has 1 unspecified atom stereocenters. The molecule has 2 aromatic rings. The molecule has 2 heterocycles. The first-order chi connectivity index (χ1) is 14.0. The Morgan fingerprint density at radius 1 is 1.17 bits per heavy atom. The second kappa shape index (κ2) is 7.58. The molecule has 0 fully saturated rings. The highest BCUT2D eigenvalue weighted by molar-refractivity contribution is 6.22. The van der Waals surface area contributed by atoms with Crippen molar-refractivity contribution in [1.29, 1.82) is 0 Å². The topological polar surface area (TPSA) is 82.1 Å². The van der Waals surface area contributed by atoms with Crippen molar-refractivity contribution in [2.75, 3.05) is 13.2 Å². The highest BCUT2D eigenvalue weighted by Crippen LogP contribution is 2.35. The number of nitrogens with zero attached hydrogens (tertiary/aromatic N) is 1. The first-order valence-corrected chi connectivity index (χ1v) is 9.54. The van der Waals surface area contributed by atoms with Crippen LogP contribution < -0.4 is 9.47 Å². The van der Waals surface area contributed by atoms with E-state index in [0.717, 1.165) is 22.6 Å². The van der Waals surface area contributed by atoms with Gasteiger partial charge in [0.1, 0.15) is 30.8 Å². The number of hydrogen-bond acceptors (Lipinski definition) is 6. The van der Waals surface area contributed by atoms with Gasteiger partial charge in [0.05, 0.1) is 17.7 Å². The van der Waals surface area contributed by atoms with Crippen LogP contribution in [0.1, 0.15) is 45.7 Å². The summed E-state index contributed by atoms with van der Waals surface area (Å²) < 4.78 is 16.8. The number of rotatable bonds is 6. The lowest BCUT2D eigenvalue weighted by Gasteiger charge is -2.15. The Labute approximate surface area is 168 Å². The van der Waals surface area contributed by atoms with E-state index in [9.17, 15) is 14.4 Å². The van der Waals surface area contributed by atoms with Gasteiger partial charge in [0.25, 0.3) is 11.8 Å². The van der Waals surface area contributed by atoms with Gasteiger partial charge in [-0.15, -0.1) is 0 Å². The van der Waals surface area contributed by atoms with E-state index < -0.39 is 24.3 Å². The molecule has 0 saturated carbocycles. The third kappa shape index (κ3) is 3.55. The van der Waals surface area contributed by atoms with Crippen LogP contribution in [-0.2, 0) is 22.6 Å². The highest BCUT2D eigenvalue weighted by Gasteiger charge is 2.36. The molecule has 0 aliphatic carbocycles. The minimum Gasteiger partial charge on any atom is -0.493 e. The maximum atomic E-state index is 12.4. The molecule has 0 bridgehead atoms. The molecule has 0 aromatic heterocycles. The number of ether oxygens (including phenoxy) is 3. The second-order valence-corrected chi connectivity index (χ2v) is 7.04. The zero-order valence-electron chi connectivity index (χ0n) is 16.3. The minimum absolute atomic E-state index is 0.0393. The summed E-state index contributed by atoms with van der Waals surface area (Å²) in [6.45, 7) is 3.87. The molecule has 2 aliphatic heterocycles. The molecule has 2 amide bonds. The summed E-state index contributed by atoms with van der Waals surface area (Å²) in [6, 6.07) is 10.2. The lowest BCUT2D eigenvalue weighted by Crippen LogP contribution is -2.35. The minimum atomic E-state index is -0.670. The van der Waals surface area contributed by atoms with Crippen molar-refractivity contribution >= 4 is 17.8 Å². The van der Waals surface area contributed by atoms with Crippen LogP contribution in [0.2, 0.25) is 0 Å². The van der Waals surface area contributed by atoms with Crippen LogP contribution in [0.5, 0.6) is 11.5 Å². The number of imide groups is 1. The zero-order chi connectivity index (χ0) is 20.5. The van der Waals surface area contributed by atoms with Gasteiger partial charge in [0, 0.05) is 17.5 Å². The van der Waals surface area contributed by atoms with Gasteiger partial charge in [-0.1, -0.05) is 12.1 Å². The van der Waals surface area contributed by atoms with Crippen LogP contribution in [0.15, 0.2) is 36.4 Å². The molecule has 4 rings (SSSR count). The van der Waals surface area contributed by atoms with E-state index in [0.29, 0.717) is 29.0 Å². The summed E-state index contributed by atoms with van der Waals surface area (Å²) in [4.78, 5) is 38.0. The fourth-order valence-corrected chi connectivity index (χ4v) is 3.60. The van der Waals surface area contributed by atoms with E-state index in [2.05, 4.69) is 0 Å². The summed E-state index contributed by atoms with van der Waals surface area (Å²) in [6.07, 6.45) is 0.890. The quantitative estimate of drug-likeness (QED) is 0.553. The summed E-state index contributed by atoms with van der Waals surface area (Å²) >= 11 is 0. The summed E-state index contributed by atoms with van der Waals surface area (Å²) in [7, 11) is 0. The van der Waals surface area contributed by atoms with Crippen molar-refractivity contribution in [1.82, 2.24) is 4.90 Å². The van der Waals surface area contributed by atoms with Gasteiger partial charge in [0.2, 0.25) is 0 Å². The van der Waals surface area contributed by atoms with Crippen LogP contribution in [0, 0.1) is 0 Å². The fraction of sp³-hybridized carbons (Fsp3) is 0.318. The lowest BCUT2D eigenvalue weighted by molar-refractivity contribution is -0.145. The predicted molar refractivity (Wildman–Crippen MR) is 103 cm³/mol. The Bertz CT molecular complexity index is 964. The van der Waals surface area contributed by atoms with Gasteiger partial charge in [-0.25, -0.2) is 0 Å². The fourth-order valence-electron chi connectivity index (χ4n) is 3.60. The molecule has 7 heteroatoms. The number of carbonyl (C=O) groups is 3. The number of amides is 2. The van der Waals surface area contributed by atoms with Crippen molar-refractivity contribution < 1.29 is 28.6 Å². The first kappa shape index (κ1) is 19.0. The molecule has 2 aromatic carbocycles. The Hall–Kier alpha value is -3.35. The van der Waals surface area contributed by atoms with Crippen molar-refractivity contribution in [3.8, 4) is 11.5 Å². The Morgan fingerprint density at radius 2 is 1.86 bits per heavy atom.